The number of carbonyl (C=O) groups is 2. The molecule has 0 aliphatic carbocycles. The van der Waals surface area contributed by atoms with Crippen molar-refractivity contribution >= 4 is 21.9 Å². The summed E-state index contributed by atoms with van der Waals surface area (Å²) >= 11 is 0. The molecule has 110 valence electrons. The first-order valence-corrected chi connectivity index (χ1v) is 7.09. The van der Waals surface area contributed by atoms with Gasteiger partial charge in [0.2, 0.25) is 5.09 Å². The molecule has 1 aromatic heterocycles. The van der Waals surface area contributed by atoms with Crippen LogP contribution in [0, 0.1) is 0 Å². The van der Waals surface area contributed by atoms with E-state index in [-0.39, 0.29) is 25.5 Å². The molecule has 10 heteroatoms. The van der Waals surface area contributed by atoms with Crippen LogP contribution in [0.25, 0.3) is 0 Å². The summed E-state index contributed by atoms with van der Waals surface area (Å²) in [6.45, 7) is 0.128. The summed E-state index contributed by atoms with van der Waals surface area (Å²) in [4.78, 5) is 24.2. The topological polar surface area (TPSA) is 140 Å². The van der Waals surface area contributed by atoms with Crippen molar-refractivity contribution < 1.29 is 32.3 Å². The Morgan fingerprint density at radius 3 is 2.65 bits per heavy atom. The van der Waals surface area contributed by atoms with Gasteiger partial charge in [-0.1, -0.05) is 0 Å². The number of hydrogen-bond acceptors (Lipinski definition) is 6. The zero-order valence-corrected chi connectivity index (χ0v) is 11.0. The molecule has 2 rings (SSSR count). The van der Waals surface area contributed by atoms with E-state index in [9.17, 15) is 18.0 Å². The minimum absolute atomic E-state index is 0.0706. The number of carboxylic acid groups (broad SMARTS) is 1. The molecule has 1 aliphatic heterocycles. The summed E-state index contributed by atoms with van der Waals surface area (Å²) in [6.07, 6.45) is 0. The van der Waals surface area contributed by atoms with Crippen LogP contribution in [0.2, 0.25) is 0 Å². The lowest BCUT2D eigenvalue weighted by Crippen LogP contribution is -2.52. The molecule has 1 atom stereocenters. The van der Waals surface area contributed by atoms with Gasteiger partial charge in [0.05, 0.1) is 13.2 Å². The maximum Gasteiger partial charge on any atom is 0.328 e. The van der Waals surface area contributed by atoms with Gasteiger partial charge in [-0.3, -0.25) is 4.79 Å². The molecule has 1 amide bonds. The van der Waals surface area contributed by atoms with Gasteiger partial charge in [0, 0.05) is 6.54 Å². The van der Waals surface area contributed by atoms with E-state index >= 15 is 0 Å². The third kappa shape index (κ3) is 2.81. The average molecular weight is 304 g/mol. The standard InChI is InChI=1S/C10H12N2O7S/c11-20(16,17)8-2-1-7(19-8)9(13)12-3-4-18-5-6(12)10(14)15/h1-2,6H,3-5H2,(H,14,15)(H2,11,16,17). The van der Waals surface area contributed by atoms with Gasteiger partial charge >= 0.3 is 5.97 Å². The molecule has 3 N–H and O–H groups in total. The fourth-order valence-electron chi connectivity index (χ4n) is 1.78. The number of rotatable bonds is 3. The number of morpholine rings is 1. The summed E-state index contributed by atoms with van der Waals surface area (Å²) in [6, 6.07) is 1.04. The quantitative estimate of drug-likeness (QED) is 0.718. The zero-order valence-electron chi connectivity index (χ0n) is 10.2. The molecule has 1 saturated heterocycles. The summed E-state index contributed by atoms with van der Waals surface area (Å²) in [5.41, 5.74) is 0. The lowest BCUT2D eigenvalue weighted by atomic mass is 10.2. The predicted molar refractivity (Wildman–Crippen MR) is 63.4 cm³/mol. The van der Waals surface area contributed by atoms with Gasteiger partial charge in [0.15, 0.2) is 11.8 Å². The number of carboxylic acids is 1. The Morgan fingerprint density at radius 1 is 1.40 bits per heavy atom. The Labute approximate surface area is 114 Å². The molecule has 2 heterocycles. The lowest BCUT2D eigenvalue weighted by Gasteiger charge is -2.32. The first-order valence-electron chi connectivity index (χ1n) is 5.55. The molecule has 1 aromatic rings. The van der Waals surface area contributed by atoms with Crippen molar-refractivity contribution in [2.45, 2.75) is 11.1 Å². The van der Waals surface area contributed by atoms with E-state index in [1.54, 1.807) is 0 Å². The molecule has 9 nitrogen and oxygen atoms in total. The number of hydrogen-bond donors (Lipinski definition) is 2. The van der Waals surface area contributed by atoms with Crippen molar-refractivity contribution in [3.63, 3.8) is 0 Å². The van der Waals surface area contributed by atoms with Crippen molar-refractivity contribution in [1.82, 2.24) is 4.90 Å². The third-order valence-corrected chi connectivity index (χ3v) is 3.53. The molecule has 0 spiro atoms. The smallest absolute Gasteiger partial charge is 0.328 e. The van der Waals surface area contributed by atoms with Gasteiger partial charge in [-0.15, -0.1) is 0 Å². The van der Waals surface area contributed by atoms with E-state index in [1.807, 2.05) is 0 Å². The number of furan rings is 1. The van der Waals surface area contributed by atoms with Crippen LogP contribution in [0.1, 0.15) is 10.6 Å². The van der Waals surface area contributed by atoms with Gasteiger partial charge in [0.25, 0.3) is 15.9 Å². The molecule has 0 saturated carbocycles. The highest BCUT2D eigenvalue weighted by Gasteiger charge is 2.34. The maximum atomic E-state index is 12.1. The number of nitrogens with zero attached hydrogens (tertiary/aromatic N) is 1. The highest BCUT2D eigenvalue weighted by Crippen LogP contribution is 2.17. The van der Waals surface area contributed by atoms with Gasteiger partial charge in [-0.05, 0) is 12.1 Å². The molecule has 0 radical (unpaired) electrons. The van der Waals surface area contributed by atoms with Crippen LogP contribution >= 0.6 is 0 Å². The van der Waals surface area contributed by atoms with Gasteiger partial charge in [-0.2, -0.15) is 0 Å². The summed E-state index contributed by atoms with van der Waals surface area (Å²) < 4.78 is 32.0. The van der Waals surface area contributed by atoms with Crippen LogP contribution in [0.15, 0.2) is 21.6 Å². The Bertz CT molecular complexity index is 636. The van der Waals surface area contributed by atoms with Crippen LogP contribution in [0.4, 0.5) is 0 Å². The predicted octanol–water partition coefficient (Wildman–Crippen LogP) is -1.15. The maximum absolute atomic E-state index is 12.1. The highest BCUT2D eigenvalue weighted by atomic mass is 32.2. The van der Waals surface area contributed by atoms with Crippen LogP contribution < -0.4 is 5.14 Å². The first kappa shape index (κ1) is 14.5. The van der Waals surface area contributed by atoms with Crippen LogP contribution in [-0.2, 0) is 19.6 Å². The minimum Gasteiger partial charge on any atom is -0.480 e. The summed E-state index contributed by atoms with van der Waals surface area (Å²) in [5.74, 6) is -2.23. The molecule has 1 unspecified atom stereocenters. The van der Waals surface area contributed by atoms with Crippen molar-refractivity contribution in [3.05, 3.63) is 17.9 Å². The Hall–Kier alpha value is -1.91. The molecule has 1 fully saturated rings. The van der Waals surface area contributed by atoms with Crippen molar-refractivity contribution in [1.29, 1.82) is 0 Å². The number of amides is 1. The van der Waals surface area contributed by atoms with E-state index < -0.39 is 33.0 Å². The molecule has 20 heavy (non-hydrogen) atoms. The van der Waals surface area contributed by atoms with Crippen LogP contribution in [0.3, 0.4) is 0 Å². The van der Waals surface area contributed by atoms with Gasteiger partial charge < -0.3 is 19.2 Å². The van der Waals surface area contributed by atoms with Gasteiger partial charge in [-0.25, -0.2) is 18.4 Å². The monoisotopic (exact) mass is 304 g/mol. The van der Waals surface area contributed by atoms with E-state index in [0.717, 1.165) is 17.0 Å². The number of sulfonamides is 1. The summed E-state index contributed by atoms with van der Waals surface area (Å²) in [5, 5.41) is 13.3. The lowest BCUT2D eigenvalue weighted by molar-refractivity contribution is -0.147. The number of aliphatic carboxylic acids is 1. The Kier molecular flexibility index (Phi) is 3.79. The zero-order chi connectivity index (χ0) is 14.9. The molecular weight excluding hydrogens is 292 g/mol. The molecule has 0 bridgehead atoms. The highest BCUT2D eigenvalue weighted by molar-refractivity contribution is 7.89. The largest absolute Gasteiger partial charge is 0.480 e. The average Bonchev–Trinajstić information content (AvgIpc) is 2.87. The Balaban J connectivity index is 2.26. The van der Waals surface area contributed by atoms with E-state index in [0.29, 0.717) is 0 Å². The van der Waals surface area contributed by atoms with E-state index in [1.165, 1.54) is 0 Å². The van der Waals surface area contributed by atoms with Gasteiger partial charge in [0.1, 0.15) is 0 Å². The van der Waals surface area contributed by atoms with E-state index in [4.69, 9.17) is 19.4 Å². The fraction of sp³-hybridized carbons (Fsp3) is 0.400. The fourth-order valence-corrected chi connectivity index (χ4v) is 2.24. The second-order valence-electron chi connectivity index (χ2n) is 4.09. The number of primary sulfonamides is 1. The van der Waals surface area contributed by atoms with Crippen molar-refractivity contribution in [2.75, 3.05) is 19.8 Å². The van der Waals surface area contributed by atoms with Crippen LogP contribution in [-0.4, -0.2) is 56.1 Å². The Morgan fingerprint density at radius 2 is 2.10 bits per heavy atom. The minimum atomic E-state index is -4.05. The number of carbonyl (C=O) groups excluding carboxylic acids is 1. The SMILES string of the molecule is NS(=O)(=O)c1ccc(C(=O)N2CCOCC2C(=O)O)o1. The number of nitrogens with two attached hydrogens (primary N) is 1. The summed E-state index contributed by atoms with van der Waals surface area (Å²) in [7, 11) is -4.05. The third-order valence-electron chi connectivity index (χ3n) is 2.75. The molecule has 0 aromatic carbocycles. The van der Waals surface area contributed by atoms with E-state index in [2.05, 4.69) is 0 Å². The van der Waals surface area contributed by atoms with Crippen molar-refractivity contribution in [3.8, 4) is 0 Å². The van der Waals surface area contributed by atoms with Crippen molar-refractivity contribution in [2.24, 2.45) is 5.14 Å². The normalized spacial score (nSPS) is 19.9. The molecule has 1 aliphatic rings. The molecular formula is C10H12N2O7S. The first-order chi connectivity index (χ1) is 9.30. The second-order valence-corrected chi connectivity index (χ2v) is 5.58. The number of ether oxygens (including phenoxy) is 1. The second kappa shape index (κ2) is 5.23. The van der Waals surface area contributed by atoms with Crippen LogP contribution in [0.5, 0.6) is 0 Å².